The molecule has 0 amide bonds. The van der Waals surface area contributed by atoms with Crippen LogP contribution in [0.15, 0.2) is 47.0 Å². The van der Waals surface area contributed by atoms with Crippen LogP contribution in [0.2, 0.25) is 0 Å². The predicted molar refractivity (Wildman–Crippen MR) is 101 cm³/mol. The van der Waals surface area contributed by atoms with E-state index >= 15 is 0 Å². The minimum atomic E-state index is -0.814. The van der Waals surface area contributed by atoms with Gasteiger partial charge in [0.05, 0.1) is 4.92 Å². The molecule has 0 aliphatic carbocycles. The Balaban J connectivity index is 1.71. The molecular weight excluding hydrogens is 362 g/mol. The van der Waals surface area contributed by atoms with Crippen LogP contribution in [-0.2, 0) is 11.3 Å². The van der Waals surface area contributed by atoms with Crippen molar-refractivity contribution in [3.05, 3.63) is 75.2 Å². The molecule has 0 saturated carbocycles. The zero-order valence-electron chi connectivity index (χ0n) is 15.7. The lowest BCUT2D eigenvalue weighted by Gasteiger charge is -2.06. The second-order valence-corrected chi connectivity index (χ2v) is 6.59. The molecule has 0 fully saturated rings. The van der Waals surface area contributed by atoms with Gasteiger partial charge in [-0.2, -0.15) is 4.98 Å². The molecule has 3 aromatic rings. The van der Waals surface area contributed by atoms with Crippen LogP contribution in [0.3, 0.4) is 0 Å². The van der Waals surface area contributed by atoms with E-state index in [0.717, 1.165) is 5.56 Å². The minimum absolute atomic E-state index is 0.0866. The number of carbonyl (C=O) groups is 1. The smallest absolute Gasteiger partial charge is 0.345 e. The number of aryl methyl sites for hydroxylation is 1. The van der Waals surface area contributed by atoms with Crippen LogP contribution < -0.4 is 0 Å². The molecule has 0 unspecified atom stereocenters. The Hall–Kier alpha value is -3.55. The minimum Gasteiger partial charge on any atom is -0.452 e. The fourth-order valence-electron chi connectivity index (χ4n) is 2.72. The Kier molecular flexibility index (Phi) is 5.49. The molecule has 0 aliphatic heterocycles. The van der Waals surface area contributed by atoms with Crippen LogP contribution in [0.4, 0.5) is 5.69 Å². The van der Waals surface area contributed by atoms with Gasteiger partial charge in [-0.3, -0.25) is 10.1 Å². The predicted octanol–water partition coefficient (Wildman–Crippen LogP) is 4.43. The molecule has 3 rings (SSSR count). The first-order valence-corrected chi connectivity index (χ1v) is 8.71. The largest absolute Gasteiger partial charge is 0.452 e. The molecule has 0 spiro atoms. The van der Waals surface area contributed by atoms with Gasteiger partial charge in [-0.1, -0.05) is 55.4 Å². The normalized spacial score (nSPS) is 10.9. The zero-order valence-corrected chi connectivity index (χ0v) is 15.7. The van der Waals surface area contributed by atoms with Crippen molar-refractivity contribution in [2.75, 3.05) is 0 Å². The lowest BCUT2D eigenvalue weighted by molar-refractivity contribution is -0.385. The average molecular weight is 381 g/mol. The van der Waals surface area contributed by atoms with E-state index in [0.29, 0.717) is 17.3 Å². The number of aromatic nitrogens is 2. The van der Waals surface area contributed by atoms with Gasteiger partial charge in [-0.15, -0.1) is 0 Å². The first-order chi connectivity index (χ1) is 13.4. The van der Waals surface area contributed by atoms with Crippen LogP contribution >= 0.6 is 0 Å². The van der Waals surface area contributed by atoms with Crippen molar-refractivity contribution >= 4 is 11.7 Å². The highest BCUT2D eigenvalue weighted by molar-refractivity contribution is 5.95. The zero-order chi connectivity index (χ0) is 20.3. The van der Waals surface area contributed by atoms with Crippen LogP contribution in [0.25, 0.3) is 11.4 Å². The van der Waals surface area contributed by atoms with Crippen molar-refractivity contribution in [3.63, 3.8) is 0 Å². The first-order valence-electron chi connectivity index (χ1n) is 8.71. The highest BCUT2D eigenvalue weighted by Gasteiger charge is 2.24. The van der Waals surface area contributed by atoms with E-state index in [1.165, 1.54) is 17.7 Å². The average Bonchev–Trinajstić information content (AvgIpc) is 3.15. The third-order valence-electron chi connectivity index (χ3n) is 4.28. The molecule has 0 atom stereocenters. The van der Waals surface area contributed by atoms with Gasteiger partial charge in [0.1, 0.15) is 5.56 Å². The maximum absolute atomic E-state index is 12.3. The fraction of sp³-hybridized carbons (Fsp3) is 0.250. The fourth-order valence-corrected chi connectivity index (χ4v) is 2.72. The van der Waals surface area contributed by atoms with Crippen LogP contribution in [0.1, 0.15) is 47.1 Å². The maximum atomic E-state index is 12.3. The van der Waals surface area contributed by atoms with Gasteiger partial charge in [0, 0.05) is 11.6 Å². The number of esters is 1. The molecule has 2 aromatic carbocycles. The topological polar surface area (TPSA) is 108 Å². The molecule has 8 heteroatoms. The molecule has 0 bridgehead atoms. The highest BCUT2D eigenvalue weighted by atomic mass is 16.6. The number of nitrogens with zero attached hydrogens (tertiary/aromatic N) is 3. The van der Waals surface area contributed by atoms with E-state index in [-0.39, 0.29) is 23.7 Å². The van der Waals surface area contributed by atoms with Gasteiger partial charge in [-0.05, 0) is 24.0 Å². The lowest BCUT2D eigenvalue weighted by Crippen LogP contribution is -2.10. The van der Waals surface area contributed by atoms with E-state index in [9.17, 15) is 14.9 Å². The molecule has 28 heavy (non-hydrogen) atoms. The number of benzene rings is 2. The molecule has 8 nitrogen and oxygen atoms in total. The summed E-state index contributed by atoms with van der Waals surface area (Å²) < 4.78 is 10.3. The summed E-state index contributed by atoms with van der Waals surface area (Å²) in [7, 11) is 0. The van der Waals surface area contributed by atoms with Gasteiger partial charge in [0.15, 0.2) is 6.61 Å². The number of hydrogen-bond donors (Lipinski definition) is 0. The molecule has 1 aromatic heterocycles. The number of rotatable bonds is 6. The number of nitro groups is 1. The molecule has 1 heterocycles. The highest BCUT2D eigenvalue weighted by Crippen LogP contribution is 2.24. The second-order valence-electron chi connectivity index (χ2n) is 6.59. The summed E-state index contributed by atoms with van der Waals surface area (Å²) >= 11 is 0. The summed E-state index contributed by atoms with van der Waals surface area (Å²) in [4.78, 5) is 27.1. The maximum Gasteiger partial charge on any atom is 0.345 e. The summed E-state index contributed by atoms with van der Waals surface area (Å²) in [5.74, 6) is 0.0846. The standard InChI is InChI=1S/C20H19N3O5/c1-12(2)14-7-9-15(10-8-14)19-21-17(28-22-19)11-27-20(24)18-13(3)5-4-6-16(18)23(25)26/h4-10,12H,11H2,1-3H3. The number of carbonyl (C=O) groups excluding carboxylic acids is 1. The van der Waals surface area contributed by atoms with Crippen molar-refractivity contribution in [2.24, 2.45) is 0 Å². The number of hydrogen-bond acceptors (Lipinski definition) is 7. The van der Waals surface area contributed by atoms with Gasteiger partial charge in [0.2, 0.25) is 5.82 Å². The molecule has 144 valence electrons. The van der Waals surface area contributed by atoms with Gasteiger partial charge in [0.25, 0.3) is 11.6 Å². The van der Waals surface area contributed by atoms with Crippen molar-refractivity contribution < 1.29 is 19.0 Å². The Morgan fingerprint density at radius 3 is 2.57 bits per heavy atom. The second kappa shape index (κ2) is 7.99. The molecular formula is C20H19N3O5. The quantitative estimate of drug-likeness (QED) is 0.353. The number of nitro benzene ring substituents is 1. The molecule has 0 radical (unpaired) electrons. The van der Waals surface area contributed by atoms with Crippen molar-refractivity contribution in [3.8, 4) is 11.4 Å². The summed E-state index contributed by atoms with van der Waals surface area (Å²) in [6.45, 7) is 5.54. The van der Waals surface area contributed by atoms with E-state index < -0.39 is 10.9 Å². The van der Waals surface area contributed by atoms with Gasteiger partial charge in [-0.25, -0.2) is 4.79 Å². The van der Waals surface area contributed by atoms with Crippen LogP contribution in [-0.4, -0.2) is 21.0 Å². The summed E-state index contributed by atoms with van der Waals surface area (Å²) in [5, 5.41) is 15.0. The van der Waals surface area contributed by atoms with E-state index in [1.807, 2.05) is 24.3 Å². The van der Waals surface area contributed by atoms with Crippen LogP contribution in [0.5, 0.6) is 0 Å². The van der Waals surface area contributed by atoms with Crippen molar-refractivity contribution in [2.45, 2.75) is 33.3 Å². The summed E-state index contributed by atoms with van der Waals surface area (Å²) in [5.41, 5.74) is 2.04. The monoisotopic (exact) mass is 381 g/mol. The molecule has 0 saturated heterocycles. The van der Waals surface area contributed by atoms with Gasteiger partial charge >= 0.3 is 5.97 Å². The summed E-state index contributed by atoms with van der Waals surface area (Å²) in [6.07, 6.45) is 0. The van der Waals surface area contributed by atoms with Crippen molar-refractivity contribution in [1.82, 2.24) is 10.1 Å². The van der Waals surface area contributed by atoms with Gasteiger partial charge < -0.3 is 9.26 Å². The van der Waals surface area contributed by atoms with Crippen molar-refractivity contribution in [1.29, 1.82) is 0 Å². The number of ether oxygens (including phenoxy) is 1. The Morgan fingerprint density at radius 1 is 1.21 bits per heavy atom. The van der Waals surface area contributed by atoms with Crippen LogP contribution in [0, 0.1) is 17.0 Å². The Morgan fingerprint density at radius 2 is 1.93 bits per heavy atom. The third-order valence-corrected chi connectivity index (χ3v) is 4.28. The Labute approximate surface area is 161 Å². The van der Waals surface area contributed by atoms with E-state index in [2.05, 4.69) is 24.0 Å². The first kappa shape index (κ1) is 19.2. The van der Waals surface area contributed by atoms with E-state index in [1.54, 1.807) is 13.0 Å². The Bertz CT molecular complexity index is 1010. The third kappa shape index (κ3) is 4.06. The summed E-state index contributed by atoms with van der Waals surface area (Å²) in [6, 6.07) is 12.2. The molecule has 0 N–H and O–H groups in total. The van der Waals surface area contributed by atoms with E-state index in [4.69, 9.17) is 9.26 Å². The molecule has 0 aliphatic rings. The SMILES string of the molecule is Cc1cccc([N+](=O)[O-])c1C(=O)OCc1nc(-c2ccc(C(C)C)cc2)no1. The lowest BCUT2D eigenvalue weighted by atomic mass is 10.0.